The fraction of sp³-hybridized carbons (Fsp3) is 0.522. The summed E-state index contributed by atoms with van der Waals surface area (Å²) in [5, 5.41) is 7.32. The minimum absolute atomic E-state index is 0.160. The predicted molar refractivity (Wildman–Crippen MR) is 119 cm³/mol. The van der Waals surface area contributed by atoms with Gasteiger partial charge in [0.1, 0.15) is 11.5 Å². The van der Waals surface area contributed by atoms with Crippen molar-refractivity contribution in [2.75, 3.05) is 52.4 Å². The van der Waals surface area contributed by atoms with E-state index in [1.807, 2.05) is 0 Å². The van der Waals surface area contributed by atoms with Crippen LogP contribution in [0.25, 0.3) is 0 Å². The minimum atomic E-state index is -0.298. The Hall–Kier alpha value is -2.78. The summed E-state index contributed by atoms with van der Waals surface area (Å²) in [7, 11) is 0. The van der Waals surface area contributed by atoms with E-state index in [2.05, 4.69) is 27.1 Å². The Morgan fingerprint density at radius 3 is 2.50 bits per heavy atom. The van der Waals surface area contributed by atoms with Crippen molar-refractivity contribution < 1.29 is 14.0 Å². The van der Waals surface area contributed by atoms with E-state index in [9.17, 15) is 14.0 Å². The molecule has 2 aliphatic rings. The van der Waals surface area contributed by atoms with Crippen LogP contribution in [0.4, 0.5) is 4.39 Å². The number of benzene rings is 1. The van der Waals surface area contributed by atoms with E-state index in [1.165, 1.54) is 12.1 Å². The average molecular weight is 443 g/mol. The van der Waals surface area contributed by atoms with Crippen LogP contribution < -0.4 is 5.32 Å². The lowest BCUT2D eigenvalue weighted by molar-refractivity contribution is 0.0745. The first-order chi connectivity index (χ1) is 15.5. The van der Waals surface area contributed by atoms with Crippen molar-refractivity contribution in [1.29, 1.82) is 0 Å². The Kier molecular flexibility index (Phi) is 7.16. The normalized spacial score (nSPS) is 17.8. The number of aromatic nitrogens is 2. The second-order valence-corrected chi connectivity index (χ2v) is 8.38. The Morgan fingerprint density at radius 2 is 1.78 bits per heavy atom. The van der Waals surface area contributed by atoms with Crippen LogP contribution in [0.15, 0.2) is 30.3 Å². The molecule has 8 nitrogen and oxygen atoms in total. The van der Waals surface area contributed by atoms with Gasteiger partial charge in [-0.05, 0) is 30.7 Å². The molecule has 1 aromatic carbocycles. The molecule has 2 aliphatic heterocycles. The lowest BCUT2D eigenvalue weighted by atomic mass is 10.2. The number of carbonyl (C=O) groups is 2. The molecule has 4 rings (SSSR count). The number of piperazine rings is 1. The number of nitrogens with zero attached hydrogens (tertiary/aromatic N) is 5. The summed E-state index contributed by atoms with van der Waals surface area (Å²) >= 11 is 0. The molecule has 0 aliphatic carbocycles. The number of hydrogen-bond acceptors (Lipinski definition) is 5. The molecular weight excluding hydrogens is 411 g/mol. The Labute approximate surface area is 188 Å². The molecule has 0 saturated carbocycles. The molecule has 0 unspecified atom stereocenters. The lowest BCUT2D eigenvalue weighted by Crippen LogP contribution is -2.48. The zero-order valence-electron chi connectivity index (χ0n) is 18.6. The largest absolute Gasteiger partial charge is 0.349 e. The van der Waals surface area contributed by atoms with Gasteiger partial charge in [-0.2, -0.15) is 5.10 Å². The van der Waals surface area contributed by atoms with Gasteiger partial charge in [0.25, 0.3) is 11.8 Å². The minimum Gasteiger partial charge on any atom is -0.349 e. The number of likely N-dealkylation sites (N-methyl/N-ethyl adjacent to an activating group) is 1. The molecule has 32 heavy (non-hydrogen) atoms. The van der Waals surface area contributed by atoms with Crippen LogP contribution in [0.3, 0.4) is 0 Å². The third kappa shape index (κ3) is 5.34. The topological polar surface area (TPSA) is 73.7 Å². The van der Waals surface area contributed by atoms with Crippen LogP contribution in [0, 0.1) is 5.82 Å². The van der Waals surface area contributed by atoms with Crippen molar-refractivity contribution in [2.45, 2.75) is 26.4 Å². The Morgan fingerprint density at radius 1 is 1.06 bits per heavy atom. The first kappa shape index (κ1) is 22.4. The quantitative estimate of drug-likeness (QED) is 0.703. The van der Waals surface area contributed by atoms with Crippen LogP contribution in [-0.4, -0.2) is 88.7 Å². The fourth-order valence-electron chi connectivity index (χ4n) is 4.25. The maximum atomic E-state index is 13.2. The number of nitrogens with one attached hydrogen (secondary N) is 1. The maximum Gasteiger partial charge on any atom is 0.272 e. The summed E-state index contributed by atoms with van der Waals surface area (Å²) in [6.07, 6.45) is 0.742. The molecule has 0 atom stereocenters. The lowest BCUT2D eigenvalue weighted by Gasteiger charge is -2.33. The summed E-state index contributed by atoms with van der Waals surface area (Å²) in [6.45, 7) is 10.3. The van der Waals surface area contributed by atoms with Gasteiger partial charge in [0.15, 0.2) is 5.69 Å². The smallest absolute Gasteiger partial charge is 0.272 e. The van der Waals surface area contributed by atoms with E-state index >= 15 is 0 Å². The maximum absolute atomic E-state index is 13.2. The van der Waals surface area contributed by atoms with E-state index < -0.39 is 0 Å². The second-order valence-electron chi connectivity index (χ2n) is 8.38. The fourth-order valence-corrected chi connectivity index (χ4v) is 4.25. The number of halogens is 1. The summed E-state index contributed by atoms with van der Waals surface area (Å²) in [5.41, 5.74) is 1.56. The van der Waals surface area contributed by atoms with E-state index in [-0.39, 0.29) is 23.3 Å². The highest BCUT2D eigenvalue weighted by molar-refractivity contribution is 5.98. The molecule has 2 aromatic rings. The molecule has 1 aromatic heterocycles. The molecular formula is C23H31FN6O2. The van der Waals surface area contributed by atoms with Gasteiger partial charge >= 0.3 is 0 Å². The number of amides is 2. The molecule has 0 bridgehead atoms. The molecule has 0 spiro atoms. The van der Waals surface area contributed by atoms with E-state index in [0.717, 1.165) is 51.3 Å². The van der Waals surface area contributed by atoms with Gasteiger partial charge in [-0.15, -0.1) is 0 Å². The number of aryl methyl sites for hydroxylation is 1. The van der Waals surface area contributed by atoms with Gasteiger partial charge in [0.05, 0.1) is 0 Å². The number of fused-ring (bicyclic) bond motifs is 1. The SMILES string of the molecule is CCN1CCN(CCNC(=O)c2cc3n(n2)CCCN(Cc2ccc(F)cc2)C3=O)CC1. The van der Waals surface area contributed by atoms with Gasteiger partial charge in [-0.25, -0.2) is 4.39 Å². The zero-order valence-corrected chi connectivity index (χ0v) is 18.6. The van der Waals surface area contributed by atoms with Crippen molar-refractivity contribution in [3.05, 3.63) is 53.1 Å². The Balaban J connectivity index is 1.33. The van der Waals surface area contributed by atoms with Crippen molar-refractivity contribution >= 4 is 11.8 Å². The van der Waals surface area contributed by atoms with Gasteiger partial charge in [-0.3, -0.25) is 19.2 Å². The molecule has 2 amide bonds. The van der Waals surface area contributed by atoms with Crippen molar-refractivity contribution in [1.82, 2.24) is 29.8 Å². The van der Waals surface area contributed by atoms with Crippen LogP contribution in [0.2, 0.25) is 0 Å². The van der Waals surface area contributed by atoms with Gasteiger partial charge in [0.2, 0.25) is 0 Å². The predicted octanol–water partition coefficient (Wildman–Crippen LogP) is 1.44. The molecule has 3 heterocycles. The van der Waals surface area contributed by atoms with Crippen molar-refractivity contribution in [3.8, 4) is 0 Å². The highest BCUT2D eigenvalue weighted by Crippen LogP contribution is 2.17. The van der Waals surface area contributed by atoms with E-state index in [0.29, 0.717) is 31.9 Å². The van der Waals surface area contributed by atoms with E-state index in [4.69, 9.17) is 0 Å². The first-order valence-corrected chi connectivity index (χ1v) is 11.4. The van der Waals surface area contributed by atoms with Gasteiger partial charge < -0.3 is 15.1 Å². The molecule has 1 N–H and O–H groups in total. The molecule has 9 heteroatoms. The molecule has 0 radical (unpaired) electrons. The number of carbonyl (C=O) groups excluding carboxylic acids is 2. The zero-order chi connectivity index (χ0) is 22.5. The molecule has 172 valence electrons. The first-order valence-electron chi connectivity index (χ1n) is 11.4. The average Bonchev–Trinajstić information content (AvgIpc) is 3.18. The second kappa shape index (κ2) is 10.2. The highest BCUT2D eigenvalue weighted by atomic mass is 19.1. The number of hydrogen-bond donors (Lipinski definition) is 1. The Bertz CT molecular complexity index is 936. The third-order valence-electron chi connectivity index (χ3n) is 6.23. The van der Waals surface area contributed by atoms with Crippen LogP contribution in [0.1, 0.15) is 39.9 Å². The van der Waals surface area contributed by atoms with Crippen molar-refractivity contribution in [3.63, 3.8) is 0 Å². The highest BCUT2D eigenvalue weighted by Gasteiger charge is 2.26. The van der Waals surface area contributed by atoms with E-state index in [1.54, 1.807) is 27.8 Å². The summed E-state index contributed by atoms with van der Waals surface area (Å²) < 4.78 is 14.8. The number of rotatable bonds is 7. The summed E-state index contributed by atoms with van der Waals surface area (Å²) in [4.78, 5) is 32.2. The van der Waals surface area contributed by atoms with Crippen LogP contribution in [0.5, 0.6) is 0 Å². The monoisotopic (exact) mass is 442 g/mol. The summed E-state index contributed by atoms with van der Waals surface area (Å²) in [6, 6.07) is 7.75. The van der Waals surface area contributed by atoms with Crippen molar-refractivity contribution in [2.24, 2.45) is 0 Å². The van der Waals surface area contributed by atoms with Crippen LogP contribution >= 0.6 is 0 Å². The molecule has 1 saturated heterocycles. The van der Waals surface area contributed by atoms with Gasteiger partial charge in [0, 0.05) is 65.0 Å². The molecule has 1 fully saturated rings. The van der Waals surface area contributed by atoms with Gasteiger partial charge in [-0.1, -0.05) is 19.1 Å². The standard InChI is InChI=1S/C23H31FN6O2/c1-2-27-12-14-28(15-13-27)11-8-25-22(31)20-16-21-23(32)29(9-3-10-30(21)26-20)17-18-4-6-19(24)7-5-18/h4-7,16H,2-3,8-15,17H2,1H3,(H,25,31). The van der Waals surface area contributed by atoms with Crippen LogP contribution in [-0.2, 0) is 13.1 Å². The summed E-state index contributed by atoms with van der Waals surface area (Å²) in [5.74, 6) is -0.712. The third-order valence-corrected chi connectivity index (χ3v) is 6.23.